The molecule has 0 amide bonds. The van der Waals surface area contributed by atoms with Gasteiger partial charge in [-0.2, -0.15) is 0 Å². The first kappa shape index (κ1) is 11.1. The molecule has 0 atom stereocenters. The van der Waals surface area contributed by atoms with Crippen LogP contribution in [0.3, 0.4) is 0 Å². The Morgan fingerprint density at radius 2 is 2.14 bits per heavy atom. The van der Waals surface area contributed by atoms with Gasteiger partial charge in [-0.3, -0.25) is 4.79 Å². The summed E-state index contributed by atoms with van der Waals surface area (Å²) in [6.45, 7) is 0. The highest BCUT2D eigenvalue weighted by molar-refractivity contribution is 14.1. The number of rotatable bonds is 2. The summed E-state index contributed by atoms with van der Waals surface area (Å²) in [7, 11) is 0. The molecule has 0 unspecified atom stereocenters. The third kappa shape index (κ3) is 2.08. The van der Waals surface area contributed by atoms with Gasteiger partial charge in [0, 0.05) is 5.56 Å². The van der Waals surface area contributed by atoms with Gasteiger partial charge in [-0.25, -0.2) is 13.6 Å². The van der Waals surface area contributed by atoms with Crippen LogP contribution in [-0.2, 0) is 0 Å². The minimum Gasteiger partial charge on any atom is -0.477 e. The monoisotopic (exact) mass is 315 g/mol. The largest absolute Gasteiger partial charge is 0.477 e. The molecular weight excluding hydrogens is 311 g/mol. The van der Waals surface area contributed by atoms with Crippen LogP contribution in [0.15, 0.2) is 10.9 Å². The van der Waals surface area contributed by atoms with Crippen molar-refractivity contribution in [2.45, 2.75) is 6.43 Å². The molecule has 76 valence electrons. The van der Waals surface area contributed by atoms with E-state index in [9.17, 15) is 18.4 Å². The summed E-state index contributed by atoms with van der Waals surface area (Å²) in [6, 6.07) is 0.688. The Labute approximate surface area is 90.1 Å². The van der Waals surface area contributed by atoms with Gasteiger partial charge in [-0.1, -0.05) is 0 Å². The topological polar surface area (TPSA) is 70.2 Å². The number of carbonyl (C=O) groups is 1. The van der Waals surface area contributed by atoms with E-state index < -0.39 is 29.1 Å². The molecule has 0 fully saturated rings. The zero-order valence-corrected chi connectivity index (χ0v) is 8.71. The van der Waals surface area contributed by atoms with Crippen LogP contribution < -0.4 is 5.56 Å². The minimum absolute atomic E-state index is 0.0485. The van der Waals surface area contributed by atoms with Gasteiger partial charge in [0.2, 0.25) is 0 Å². The fourth-order valence-corrected chi connectivity index (χ4v) is 1.48. The number of hydrogen-bond acceptors (Lipinski definition) is 2. The highest BCUT2D eigenvalue weighted by Gasteiger charge is 2.17. The molecule has 1 heterocycles. The quantitative estimate of drug-likeness (QED) is 0.643. The lowest BCUT2D eigenvalue weighted by atomic mass is 10.2. The number of carboxylic acid groups (broad SMARTS) is 1. The van der Waals surface area contributed by atoms with E-state index in [-0.39, 0.29) is 3.70 Å². The molecule has 14 heavy (non-hydrogen) atoms. The van der Waals surface area contributed by atoms with E-state index in [0.29, 0.717) is 6.07 Å². The van der Waals surface area contributed by atoms with Crippen molar-refractivity contribution < 1.29 is 18.7 Å². The number of alkyl halides is 2. The fraction of sp³-hybridized carbons (Fsp3) is 0.143. The third-order valence-corrected chi connectivity index (χ3v) is 2.38. The Kier molecular flexibility index (Phi) is 3.19. The van der Waals surface area contributed by atoms with Crippen LogP contribution in [0.4, 0.5) is 8.78 Å². The normalized spacial score (nSPS) is 10.6. The Hall–Kier alpha value is -0.990. The van der Waals surface area contributed by atoms with Gasteiger partial charge in [0.25, 0.3) is 12.0 Å². The van der Waals surface area contributed by atoms with Crippen molar-refractivity contribution in [3.05, 3.63) is 31.2 Å². The van der Waals surface area contributed by atoms with Crippen LogP contribution in [-0.4, -0.2) is 16.1 Å². The van der Waals surface area contributed by atoms with Gasteiger partial charge < -0.3 is 10.1 Å². The molecule has 0 spiro atoms. The van der Waals surface area contributed by atoms with Crippen molar-refractivity contribution >= 4 is 28.6 Å². The first-order chi connectivity index (χ1) is 6.43. The maximum Gasteiger partial charge on any atom is 0.341 e. The number of pyridine rings is 1. The van der Waals surface area contributed by atoms with Crippen molar-refractivity contribution in [2.24, 2.45) is 0 Å². The summed E-state index contributed by atoms with van der Waals surface area (Å²) >= 11 is 1.51. The zero-order valence-electron chi connectivity index (χ0n) is 6.55. The number of halogens is 3. The van der Waals surface area contributed by atoms with Crippen molar-refractivity contribution in [1.82, 2.24) is 4.98 Å². The van der Waals surface area contributed by atoms with Gasteiger partial charge in [0.15, 0.2) is 0 Å². The Morgan fingerprint density at radius 1 is 1.57 bits per heavy atom. The Morgan fingerprint density at radius 3 is 2.57 bits per heavy atom. The summed E-state index contributed by atoms with van der Waals surface area (Å²) in [6.07, 6.45) is -2.81. The molecule has 0 saturated heterocycles. The fourth-order valence-electron chi connectivity index (χ4n) is 0.841. The number of hydrogen-bond donors (Lipinski definition) is 2. The van der Waals surface area contributed by atoms with Gasteiger partial charge >= 0.3 is 5.97 Å². The van der Waals surface area contributed by atoms with Gasteiger partial charge in [0.05, 0.1) is 3.70 Å². The van der Waals surface area contributed by atoms with Crippen molar-refractivity contribution in [3.8, 4) is 0 Å². The Bertz CT molecular complexity index is 429. The van der Waals surface area contributed by atoms with Gasteiger partial charge in [-0.05, 0) is 28.7 Å². The van der Waals surface area contributed by atoms with E-state index in [1.165, 1.54) is 22.6 Å². The SMILES string of the molecule is O=C(O)c1cc(C(F)F)c(I)[nH]c1=O. The molecule has 1 rings (SSSR count). The molecule has 2 N–H and O–H groups in total. The number of aromatic nitrogens is 1. The second-order valence-electron chi connectivity index (χ2n) is 2.39. The average molecular weight is 315 g/mol. The summed E-state index contributed by atoms with van der Waals surface area (Å²) in [5, 5.41) is 8.50. The molecule has 1 aromatic heterocycles. The first-order valence-corrected chi connectivity index (χ1v) is 4.45. The van der Waals surface area contributed by atoms with Crippen LogP contribution in [0.25, 0.3) is 0 Å². The maximum absolute atomic E-state index is 12.3. The highest BCUT2D eigenvalue weighted by Crippen LogP contribution is 2.22. The third-order valence-electron chi connectivity index (χ3n) is 1.49. The standard InChI is InChI=1S/C7H4F2INO3/c8-4(9)2-1-3(7(13)14)6(12)11-5(2)10/h1,4H,(H,11,12)(H,13,14). The molecule has 1 aromatic rings. The predicted octanol–water partition coefficient (Wildman–Crippen LogP) is 1.62. The van der Waals surface area contributed by atoms with Crippen molar-refractivity contribution in [1.29, 1.82) is 0 Å². The molecule has 0 radical (unpaired) electrons. The lowest BCUT2D eigenvalue weighted by Gasteiger charge is -2.03. The lowest BCUT2D eigenvalue weighted by Crippen LogP contribution is -2.19. The average Bonchev–Trinajstić information content (AvgIpc) is 2.02. The molecule has 0 bridgehead atoms. The van der Waals surface area contributed by atoms with E-state index in [2.05, 4.69) is 0 Å². The number of H-pyrrole nitrogens is 1. The lowest BCUT2D eigenvalue weighted by molar-refractivity contribution is 0.0694. The number of carboxylic acids is 1. The zero-order chi connectivity index (χ0) is 10.9. The molecule has 0 aromatic carbocycles. The van der Waals surface area contributed by atoms with Crippen LogP contribution in [0, 0.1) is 3.70 Å². The molecule has 7 heteroatoms. The number of aromatic carboxylic acids is 1. The molecule has 0 aliphatic heterocycles. The van der Waals surface area contributed by atoms with E-state index in [0.717, 1.165) is 0 Å². The highest BCUT2D eigenvalue weighted by atomic mass is 127. The van der Waals surface area contributed by atoms with Crippen molar-refractivity contribution in [2.75, 3.05) is 0 Å². The smallest absolute Gasteiger partial charge is 0.341 e. The van der Waals surface area contributed by atoms with E-state index in [4.69, 9.17) is 5.11 Å². The van der Waals surface area contributed by atoms with Crippen LogP contribution in [0.1, 0.15) is 22.3 Å². The Balaban J connectivity index is 3.42. The first-order valence-electron chi connectivity index (χ1n) is 3.37. The molecule has 4 nitrogen and oxygen atoms in total. The van der Waals surface area contributed by atoms with Crippen LogP contribution >= 0.6 is 22.6 Å². The van der Waals surface area contributed by atoms with Crippen LogP contribution in [0.2, 0.25) is 0 Å². The number of nitrogens with one attached hydrogen (secondary N) is 1. The second-order valence-corrected chi connectivity index (χ2v) is 3.47. The molecular formula is C7H4F2INO3. The minimum atomic E-state index is -2.81. The molecule has 0 aliphatic rings. The maximum atomic E-state index is 12.3. The predicted molar refractivity (Wildman–Crippen MR) is 51.7 cm³/mol. The molecule has 0 saturated carbocycles. The van der Waals surface area contributed by atoms with E-state index in [1.807, 2.05) is 4.98 Å². The summed E-state index contributed by atoms with van der Waals surface area (Å²) < 4.78 is 24.5. The van der Waals surface area contributed by atoms with Crippen LogP contribution in [0.5, 0.6) is 0 Å². The van der Waals surface area contributed by atoms with Gasteiger partial charge in [0.1, 0.15) is 5.56 Å². The van der Waals surface area contributed by atoms with E-state index >= 15 is 0 Å². The van der Waals surface area contributed by atoms with Gasteiger partial charge in [-0.15, -0.1) is 0 Å². The van der Waals surface area contributed by atoms with Crippen molar-refractivity contribution in [3.63, 3.8) is 0 Å². The summed E-state index contributed by atoms with van der Waals surface area (Å²) in [5.41, 5.74) is -2.05. The summed E-state index contributed by atoms with van der Waals surface area (Å²) in [4.78, 5) is 23.5. The summed E-state index contributed by atoms with van der Waals surface area (Å²) in [5.74, 6) is -1.52. The van der Waals surface area contributed by atoms with E-state index in [1.54, 1.807) is 0 Å². The second kappa shape index (κ2) is 4.03. The number of aromatic amines is 1. The molecule has 0 aliphatic carbocycles.